The molecule has 1 aliphatic carbocycles. The highest BCUT2D eigenvalue weighted by Crippen LogP contribution is 2.44. The van der Waals surface area contributed by atoms with Crippen molar-refractivity contribution in [3.05, 3.63) is 147 Å². The average molecular weight is 905 g/mol. The summed E-state index contributed by atoms with van der Waals surface area (Å²) in [5.74, 6) is 0.470. The maximum Gasteiger partial charge on any atom is 0.293 e. The van der Waals surface area contributed by atoms with Crippen molar-refractivity contribution in [3.8, 4) is 0 Å². The van der Waals surface area contributed by atoms with Gasteiger partial charge in [-0.1, -0.05) is 66.6 Å². The Balaban J connectivity index is 0.891. The fourth-order valence-corrected chi connectivity index (χ4v) is 10.7. The van der Waals surface area contributed by atoms with Crippen LogP contribution in [0, 0.1) is 15.5 Å². The van der Waals surface area contributed by atoms with Crippen molar-refractivity contribution in [2.24, 2.45) is 5.41 Å². The smallest absolute Gasteiger partial charge is 0.293 e. The van der Waals surface area contributed by atoms with E-state index < -0.39 is 4.92 Å². The highest BCUT2D eigenvalue weighted by molar-refractivity contribution is 7.99. The number of carbonyl (C=O) groups is 1. The third-order valence-electron chi connectivity index (χ3n) is 13.1. The van der Waals surface area contributed by atoms with Gasteiger partial charge < -0.3 is 30.5 Å². The zero-order valence-corrected chi connectivity index (χ0v) is 38.6. The first-order chi connectivity index (χ1) is 31.2. The van der Waals surface area contributed by atoms with Crippen molar-refractivity contribution in [2.75, 3.05) is 101 Å². The van der Waals surface area contributed by atoms with Crippen LogP contribution in [0.2, 0.25) is 5.02 Å². The predicted molar refractivity (Wildman–Crippen MR) is 262 cm³/mol. The van der Waals surface area contributed by atoms with Crippen molar-refractivity contribution in [2.45, 2.75) is 49.6 Å². The van der Waals surface area contributed by atoms with E-state index in [0.717, 1.165) is 100 Å². The summed E-state index contributed by atoms with van der Waals surface area (Å²) in [4.78, 5) is 34.7. The summed E-state index contributed by atoms with van der Waals surface area (Å²) in [6.07, 6.45) is 8.26. The summed E-state index contributed by atoms with van der Waals surface area (Å²) in [5.41, 5.74) is 6.75. The molecule has 0 aromatic heterocycles. The van der Waals surface area contributed by atoms with Gasteiger partial charge in [0.1, 0.15) is 5.69 Å². The van der Waals surface area contributed by atoms with Crippen LogP contribution < -0.4 is 20.9 Å². The third-order valence-corrected chi connectivity index (χ3v) is 14.6. The molecule has 0 bridgehead atoms. The number of carbonyl (C=O) groups excluding carboxylic acids is 1. The van der Waals surface area contributed by atoms with Gasteiger partial charge >= 0.3 is 0 Å². The van der Waals surface area contributed by atoms with E-state index in [0.29, 0.717) is 42.3 Å². The summed E-state index contributed by atoms with van der Waals surface area (Å²) < 4.78 is 5.56. The topological polar surface area (TPSA) is 115 Å². The summed E-state index contributed by atoms with van der Waals surface area (Å²) >= 11 is 8.02. The maximum absolute atomic E-state index is 13.8. The molecule has 64 heavy (non-hydrogen) atoms. The highest BCUT2D eigenvalue weighted by atomic mass is 35.5. The zero-order chi connectivity index (χ0) is 44.3. The molecule has 3 unspecified atom stereocenters. The Hall–Kier alpha value is -4.53. The van der Waals surface area contributed by atoms with E-state index in [1.807, 2.05) is 60.7 Å². The molecule has 0 amide bonds. The van der Waals surface area contributed by atoms with Gasteiger partial charge in [-0.05, 0) is 109 Å². The van der Waals surface area contributed by atoms with E-state index in [2.05, 4.69) is 67.9 Å². The lowest BCUT2D eigenvalue weighted by Crippen LogP contribution is -2.49. The number of nitro benzene ring substituents is 1. The number of rotatable bonds is 18. The Morgan fingerprint density at radius 3 is 2.42 bits per heavy atom. The number of piperazine rings is 2. The van der Waals surface area contributed by atoms with Crippen LogP contribution in [0.1, 0.15) is 54.1 Å². The predicted octanol–water partition coefficient (Wildman–Crippen LogP) is 8.66. The largest absolute Gasteiger partial charge is 0.376 e. The fourth-order valence-electron chi connectivity index (χ4n) is 9.62. The number of nitro groups is 1. The number of nitrogens with one attached hydrogen (secondary N) is 3. The molecule has 3 heterocycles. The SMILES string of the molecule is CC1(CN2CCNCC2)CCC(c2ccc(Cl)cc2)=C(CN2CCN(c3ccc(C(=O)c4ccc(NC(CCNC5C=CCOC5)CSc5ccccc5)c([N+](=O)[O-])c4)cc3)CC2)C1. The quantitative estimate of drug-likeness (QED) is 0.0293. The lowest BCUT2D eigenvalue weighted by atomic mass is 9.71. The highest BCUT2D eigenvalue weighted by Gasteiger charge is 2.35. The lowest BCUT2D eigenvalue weighted by Gasteiger charge is -2.43. The number of nitrogens with zero attached hydrogens (tertiary/aromatic N) is 4. The number of halogens is 1. The van der Waals surface area contributed by atoms with Crippen LogP contribution >= 0.6 is 23.4 Å². The summed E-state index contributed by atoms with van der Waals surface area (Å²) in [7, 11) is 0. The second-order valence-electron chi connectivity index (χ2n) is 18.0. The van der Waals surface area contributed by atoms with E-state index in [-0.39, 0.29) is 29.0 Å². The van der Waals surface area contributed by atoms with Gasteiger partial charge in [-0.2, -0.15) is 0 Å². The number of hydrogen-bond donors (Lipinski definition) is 3. The molecule has 2 saturated heterocycles. The molecule has 3 N–H and O–H groups in total. The Morgan fingerprint density at radius 2 is 1.70 bits per heavy atom. The van der Waals surface area contributed by atoms with E-state index in [1.165, 1.54) is 23.6 Å². The normalized spacial score (nSPS) is 21.5. The van der Waals surface area contributed by atoms with Crippen LogP contribution in [0.25, 0.3) is 5.57 Å². The lowest BCUT2D eigenvalue weighted by molar-refractivity contribution is -0.384. The van der Waals surface area contributed by atoms with Crippen LogP contribution in [-0.2, 0) is 4.74 Å². The van der Waals surface area contributed by atoms with Crippen molar-refractivity contribution in [1.82, 2.24) is 20.4 Å². The molecule has 0 spiro atoms. The average Bonchev–Trinajstić information content (AvgIpc) is 3.32. The fraction of sp³-hybridized carbons (Fsp3) is 0.431. The van der Waals surface area contributed by atoms with Crippen molar-refractivity contribution in [1.29, 1.82) is 0 Å². The van der Waals surface area contributed by atoms with Gasteiger partial charge in [0, 0.05) is 116 Å². The Kier molecular flexibility index (Phi) is 15.9. The molecular formula is C51H62ClN7O4S. The molecule has 3 atom stereocenters. The molecule has 4 aliphatic rings. The van der Waals surface area contributed by atoms with Gasteiger partial charge in [0.15, 0.2) is 5.78 Å². The van der Waals surface area contributed by atoms with Gasteiger partial charge in [-0.3, -0.25) is 19.8 Å². The van der Waals surface area contributed by atoms with Gasteiger partial charge in [-0.15, -0.1) is 11.8 Å². The monoisotopic (exact) mass is 903 g/mol. The summed E-state index contributed by atoms with van der Waals surface area (Å²) in [6.45, 7) is 14.6. The maximum atomic E-state index is 13.8. The van der Waals surface area contributed by atoms with Gasteiger partial charge in [-0.25, -0.2) is 0 Å². The second kappa shape index (κ2) is 22.1. The van der Waals surface area contributed by atoms with Crippen LogP contribution in [0.5, 0.6) is 0 Å². The van der Waals surface area contributed by atoms with Crippen LogP contribution in [-0.4, -0.2) is 124 Å². The standard InChI is InChI=1S/C51H62ClN7O4S/c1-51(37-57-25-23-53-24-26-57)21-19-47(38-9-14-42(52)15-10-38)41(33-51)34-56-27-29-58(30-28-56)45-16-11-39(12-17-45)50(60)40-13-18-48(49(32-40)59(61)62)55-44(36-64-46-7-3-2-4-8-46)20-22-54-43-6-5-31-63-35-43/h2-18,32,43-44,53-55H,19-31,33-37H2,1H3. The molecule has 2 fully saturated rings. The zero-order valence-electron chi connectivity index (χ0n) is 37.0. The number of benzene rings is 4. The Bertz CT molecular complexity index is 2250. The first-order valence-corrected chi connectivity index (χ1v) is 24.3. The molecule has 0 radical (unpaired) electrons. The first kappa shape index (κ1) is 46.0. The van der Waals surface area contributed by atoms with E-state index in [1.54, 1.807) is 29.5 Å². The van der Waals surface area contributed by atoms with Crippen LogP contribution in [0.3, 0.4) is 0 Å². The molecule has 4 aromatic carbocycles. The van der Waals surface area contributed by atoms with Crippen LogP contribution in [0.15, 0.2) is 120 Å². The van der Waals surface area contributed by atoms with Gasteiger partial charge in [0.2, 0.25) is 0 Å². The number of ether oxygens (including phenoxy) is 1. The number of anilines is 2. The molecule has 8 rings (SSSR count). The number of ketones is 1. The van der Waals surface area contributed by atoms with E-state index in [4.69, 9.17) is 16.3 Å². The van der Waals surface area contributed by atoms with Gasteiger partial charge in [0.25, 0.3) is 5.69 Å². The number of hydrogen-bond acceptors (Lipinski definition) is 11. The molecular weight excluding hydrogens is 842 g/mol. The minimum Gasteiger partial charge on any atom is -0.376 e. The van der Waals surface area contributed by atoms with E-state index >= 15 is 0 Å². The number of thioether (sulfide) groups is 1. The molecule has 4 aromatic rings. The molecule has 3 aliphatic heterocycles. The minimum absolute atomic E-state index is 0.0692. The van der Waals surface area contributed by atoms with Crippen molar-refractivity contribution >= 4 is 51.8 Å². The summed E-state index contributed by atoms with van der Waals surface area (Å²) in [6, 6.07) is 31.1. The molecule has 11 nitrogen and oxygen atoms in total. The van der Waals surface area contributed by atoms with Crippen LogP contribution in [0.4, 0.5) is 17.1 Å². The van der Waals surface area contributed by atoms with E-state index in [9.17, 15) is 14.9 Å². The minimum atomic E-state index is -0.402. The van der Waals surface area contributed by atoms with Crippen molar-refractivity contribution < 1.29 is 14.5 Å². The van der Waals surface area contributed by atoms with Crippen molar-refractivity contribution in [3.63, 3.8) is 0 Å². The molecule has 13 heteroatoms. The summed E-state index contributed by atoms with van der Waals surface area (Å²) in [5, 5.41) is 23.7. The second-order valence-corrected chi connectivity index (χ2v) is 19.5. The Labute approximate surface area is 387 Å². The van der Waals surface area contributed by atoms with Gasteiger partial charge in [0.05, 0.1) is 18.1 Å². The molecule has 0 saturated carbocycles. The third kappa shape index (κ3) is 12.4. The first-order valence-electron chi connectivity index (χ1n) is 22.9. The number of allylic oxidation sites excluding steroid dienone is 1. The molecule has 338 valence electrons. The Morgan fingerprint density at radius 1 is 0.953 bits per heavy atom.